The first-order chi connectivity index (χ1) is 11.0. The van der Waals surface area contributed by atoms with E-state index in [0.717, 1.165) is 6.07 Å². The van der Waals surface area contributed by atoms with Crippen LogP contribution < -0.4 is 10.1 Å². The molecule has 0 saturated carbocycles. The minimum absolute atomic E-state index is 0.0163. The molecule has 0 bridgehead atoms. The van der Waals surface area contributed by atoms with Crippen molar-refractivity contribution in [1.29, 1.82) is 0 Å². The highest BCUT2D eigenvalue weighted by molar-refractivity contribution is 6.32. The highest BCUT2D eigenvalue weighted by atomic mass is 35.5. The van der Waals surface area contributed by atoms with Gasteiger partial charge in [0.2, 0.25) is 5.88 Å². The fourth-order valence-electron chi connectivity index (χ4n) is 1.90. The van der Waals surface area contributed by atoms with Crippen molar-refractivity contribution < 1.29 is 14.5 Å². The van der Waals surface area contributed by atoms with Crippen LogP contribution in [0.2, 0.25) is 5.02 Å². The third-order valence-electron chi connectivity index (χ3n) is 2.98. The molecule has 0 aliphatic heterocycles. The first kappa shape index (κ1) is 16.7. The fourth-order valence-corrected chi connectivity index (χ4v) is 2.08. The van der Waals surface area contributed by atoms with Gasteiger partial charge in [0.25, 0.3) is 11.6 Å². The Morgan fingerprint density at radius 3 is 2.91 bits per heavy atom. The lowest BCUT2D eigenvalue weighted by Gasteiger charge is -2.10. The Bertz CT molecular complexity index is 736. The molecule has 1 aromatic carbocycles. The Morgan fingerprint density at radius 2 is 2.22 bits per heavy atom. The topological polar surface area (TPSA) is 94.4 Å². The number of nitrogens with zero attached hydrogens (tertiary/aromatic N) is 2. The van der Waals surface area contributed by atoms with Crippen LogP contribution in [-0.4, -0.2) is 22.4 Å². The van der Waals surface area contributed by atoms with E-state index in [-0.39, 0.29) is 22.8 Å². The number of ether oxygens (including phenoxy) is 1. The van der Waals surface area contributed by atoms with Crippen molar-refractivity contribution in [2.24, 2.45) is 0 Å². The highest BCUT2D eigenvalue weighted by Crippen LogP contribution is 2.25. The molecule has 0 unspecified atom stereocenters. The van der Waals surface area contributed by atoms with Gasteiger partial charge in [0.15, 0.2) is 0 Å². The van der Waals surface area contributed by atoms with Gasteiger partial charge in [-0.3, -0.25) is 14.9 Å². The summed E-state index contributed by atoms with van der Waals surface area (Å²) in [6.07, 6.45) is 1.60. The number of nitro groups is 1. The number of carbonyl (C=O) groups excluding carboxylic acids is 1. The van der Waals surface area contributed by atoms with E-state index < -0.39 is 10.8 Å². The van der Waals surface area contributed by atoms with Crippen molar-refractivity contribution >= 4 is 23.2 Å². The third-order valence-corrected chi connectivity index (χ3v) is 3.30. The smallest absolute Gasteiger partial charge is 0.288 e. The number of benzene rings is 1. The summed E-state index contributed by atoms with van der Waals surface area (Å²) in [4.78, 5) is 26.4. The normalized spacial score (nSPS) is 10.2. The summed E-state index contributed by atoms with van der Waals surface area (Å²) >= 11 is 5.73. The number of rotatable bonds is 6. The van der Waals surface area contributed by atoms with E-state index in [4.69, 9.17) is 16.3 Å². The van der Waals surface area contributed by atoms with Crippen molar-refractivity contribution in [3.05, 3.63) is 62.8 Å². The van der Waals surface area contributed by atoms with Gasteiger partial charge in [-0.25, -0.2) is 4.98 Å². The lowest BCUT2D eigenvalue weighted by atomic mass is 10.2. The van der Waals surface area contributed by atoms with Gasteiger partial charge in [0.1, 0.15) is 5.02 Å². The van der Waals surface area contributed by atoms with E-state index >= 15 is 0 Å². The maximum atomic E-state index is 12.1. The minimum Gasteiger partial charge on any atom is -0.478 e. The molecule has 1 heterocycles. The molecule has 1 aromatic heterocycles. The number of halogens is 1. The number of hydrogen-bond donors (Lipinski definition) is 1. The molecule has 120 valence electrons. The molecule has 7 nitrogen and oxygen atoms in total. The predicted octanol–water partition coefficient (Wildman–Crippen LogP) is 2.97. The molecule has 8 heteroatoms. The number of carbonyl (C=O) groups is 1. The Labute approximate surface area is 137 Å². The molecule has 2 rings (SSSR count). The van der Waals surface area contributed by atoms with Gasteiger partial charge >= 0.3 is 0 Å². The summed E-state index contributed by atoms with van der Waals surface area (Å²) in [6, 6.07) is 7.41. The molecule has 0 saturated heterocycles. The zero-order valence-electron chi connectivity index (χ0n) is 12.3. The summed E-state index contributed by atoms with van der Waals surface area (Å²) in [6.45, 7) is 2.49. The Kier molecular flexibility index (Phi) is 5.48. The van der Waals surface area contributed by atoms with E-state index in [9.17, 15) is 14.9 Å². The van der Waals surface area contributed by atoms with Gasteiger partial charge in [-0.15, -0.1) is 0 Å². The molecule has 0 spiro atoms. The summed E-state index contributed by atoms with van der Waals surface area (Å²) in [5.41, 5.74) is 0.560. The molecule has 0 aliphatic rings. The van der Waals surface area contributed by atoms with E-state index in [1.165, 1.54) is 12.1 Å². The molecular weight excluding hydrogens is 322 g/mol. The molecule has 1 N–H and O–H groups in total. The zero-order valence-corrected chi connectivity index (χ0v) is 13.0. The van der Waals surface area contributed by atoms with Crippen LogP contribution in [0.15, 0.2) is 36.5 Å². The van der Waals surface area contributed by atoms with Crippen LogP contribution in [0.4, 0.5) is 5.69 Å². The average Bonchev–Trinajstić information content (AvgIpc) is 2.54. The number of pyridine rings is 1. The largest absolute Gasteiger partial charge is 0.478 e. The fraction of sp³-hybridized carbons (Fsp3) is 0.200. The van der Waals surface area contributed by atoms with E-state index in [2.05, 4.69) is 10.3 Å². The zero-order chi connectivity index (χ0) is 16.8. The van der Waals surface area contributed by atoms with Gasteiger partial charge in [-0.1, -0.05) is 17.7 Å². The third kappa shape index (κ3) is 4.17. The minimum atomic E-state index is -0.632. The first-order valence-corrected chi connectivity index (χ1v) is 7.19. The van der Waals surface area contributed by atoms with E-state index in [1.54, 1.807) is 18.3 Å². The second-order valence-corrected chi connectivity index (χ2v) is 4.91. The maximum absolute atomic E-state index is 12.1. The number of nitrogens with one attached hydrogen (secondary N) is 1. The van der Waals surface area contributed by atoms with Crippen LogP contribution in [0.5, 0.6) is 5.88 Å². The average molecular weight is 336 g/mol. The van der Waals surface area contributed by atoms with Gasteiger partial charge in [0.05, 0.1) is 11.5 Å². The molecule has 0 radical (unpaired) electrons. The van der Waals surface area contributed by atoms with Crippen LogP contribution in [0.3, 0.4) is 0 Å². The van der Waals surface area contributed by atoms with E-state index in [0.29, 0.717) is 18.1 Å². The second-order valence-electron chi connectivity index (χ2n) is 4.51. The molecule has 1 amide bonds. The van der Waals surface area contributed by atoms with Crippen LogP contribution in [-0.2, 0) is 6.54 Å². The standard InChI is InChI=1S/C15H14ClN3O4/c1-2-23-15-11(4-3-7-17-15)9-18-14(20)10-5-6-12(16)13(8-10)19(21)22/h3-8H,2,9H2,1H3,(H,18,20). The number of hydrogen-bond acceptors (Lipinski definition) is 5. The predicted molar refractivity (Wildman–Crippen MR) is 84.7 cm³/mol. The SMILES string of the molecule is CCOc1ncccc1CNC(=O)c1ccc(Cl)c([N+](=O)[O-])c1. The van der Waals surface area contributed by atoms with Crippen molar-refractivity contribution in [2.45, 2.75) is 13.5 Å². The van der Waals surface area contributed by atoms with Crippen molar-refractivity contribution in [3.63, 3.8) is 0 Å². The van der Waals surface area contributed by atoms with E-state index in [1.807, 2.05) is 6.92 Å². The number of aromatic nitrogens is 1. The Balaban J connectivity index is 2.11. The van der Waals surface area contributed by atoms with Gasteiger partial charge in [0, 0.05) is 29.9 Å². The molecule has 23 heavy (non-hydrogen) atoms. The summed E-state index contributed by atoms with van der Waals surface area (Å²) in [7, 11) is 0. The maximum Gasteiger partial charge on any atom is 0.288 e. The number of nitro benzene ring substituents is 1. The summed E-state index contributed by atoms with van der Waals surface area (Å²) < 4.78 is 5.37. The first-order valence-electron chi connectivity index (χ1n) is 6.81. The summed E-state index contributed by atoms with van der Waals surface area (Å²) in [5, 5.41) is 13.5. The van der Waals surface area contributed by atoms with Crippen LogP contribution in [0, 0.1) is 10.1 Å². The van der Waals surface area contributed by atoms with Crippen molar-refractivity contribution in [1.82, 2.24) is 10.3 Å². The lowest BCUT2D eigenvalue weighted by Crippen LogP contribution is -2.23. The van der Waals surface area contributed by atoms with Crippen molar-refractivity contribution in [3.8, 4) is 5.88 Å². The van der Waals surface area contributed by atoms with Crippen LogP contribution in [0.25, 0.3) is 0 Å². The summed E-state index contributed by atoms with van der Waals surface area (Å²) in [5.74, 6) is -0.00606. The Hall–Kier alpha value is -2.67. The van der Waals surface area contributed by atoms with Gasteiger partial charge < -0.3 is 10.1 Å². The molecule has 0 atom stereocenters. The molecule has 2 aromatic rings. The molecule has 0 fully saturated rings. The number of amides is 1. The van der Waals surface area contributed by atoms with Gasteiger partial charge in [-0.2, -0.15) is 0 Å². The van der Waals surface area contributed by atoms with Crippen LogP contribution >= 0.6 is 11.6 Å². The quantitative estimate of drug-likeness (QED) is 0.647. The van der Waals surface area contributed by atoms with Gasteiger partial charge in [-0.05, 0) is 25.1 Å². The second kappa shape index (κ2) is 7.55. The molecule has 0 aliphatic carbocycles. The molecular formula is C15H14ClN3O4. The monoisotopic (exact) mass is 335 g/mol. The Morgan fingerprint density at radius 1 is 1.43 bits per heavy atom. The lowest BCUT2D eigenvalue weighted by molar-refractivity contribution is -0.384. The van der Waals surface area contributed by atoms with Crippen LogP contribution in [0.1, 0.15) is 22.8 Å². The highest BCUT2D eigenvalue weighted by Gasteiger charge is 2.16. The van der Waals surface area contributed by atoms with Crippen molar-refractivity contribution in [2.75, 3.05) is 6.61 Å².